The molecule has 1 aromatic carbocycles. The second kappa shape index (κ2) is 8.06. The molecule has 96 valence electrons. The van der Waals surface area contributed by atoms with Crippen LogP contribution in [0.25, 0.3) is 0 Å². The molecule has 3 nitrogen and oxygen atoms in total. The van der Waals surface area contributed by atoms with Gasteiger partial charge in [0.05, 0.1) is 0 Å². The van der Waals surface area contributed by atoms with E-state index in [4.69, 9.17) is 22.4 Å². The fourth-order valence-corrected chi connectivity index (χ4v) is 2.42. The Morgan fingerprint density at radius 2 is 2.18 bits per heavy atom. The van der Waals surface area contributed by atoms with E-state index in [2.05, 4.69) is 21.2 Å². The first-order chi connectivity index (χ1) is 8.19. The molecular formula is C12H18BrClN2O. The maximum atomic E-state index is 8.70. The predicted octanol–water partition coefficient (Wildman–Crippen LogP) is 2.46. The fraction of sp³-hybridized carbons (Fsp3) is 0.500. The molecule has 0 aromatic heterocycles. The van der Waals surface area contributed by atoms with Gasteiger partial charge in [-0.3, -0.25) is 0 Å². The van der Waals surface area contributed by atoms with Crippen molar-refractivity contribution >= 4 is 27.5 Å². The van der Waals surface area contributed by atoms with Crippen molar-refractivity contribution in [3.63, 3.8) is 0 Å². The first-order valence-corrected chi connectivity index (χ1v) is 6.85. The summed E-state index contributed by atoms with van der Waals surface area (Å²) >= 11 is 9.55. The fourth-order valence-electron chi connectivity index (χ4n) is 1.62. The lowest BCUT2D eigenvalue weighted by molar-refractivity contribution is 0.282. The summed E-state index contributed by atoms with van der Waals surface area (Å²) in [5, 5.41) is 12.8. The van der Waals surface area contributed by atoms with E-state index >= 15 is 0 Å². The third-order valence-corrected chi connectivity index (χ3v) is 3.37. The number of aliphatic hydroxyl groups excluding tert-OH is 1. The minimum absolute atomic E-state index is 0.0642. The number of nitrogens with two attached hydrogens (primary N) is 1. The molecule has 17 heavy (non-hydrogen) atoms. The summed E-state index contributed by atoms with van der Waals surface area (Å²) in [7, 11) is 0. The number of rotatable bonds is 7. The van der Waals surface area contributed by atoms with Crippen LogP contribution in [0, 0.1) is 0 Å². The highest BCUT2D eigenvalue weighted by Gasteiger charge is 2.12. The summed E-state index contributed by atoms with van der Waals surface area (Å²) in [6.45, 7) is 1.56. The topological polar surface area (TPSA) is 58.3 Å². The molecule has 0 spiro atoms. The van der Waals surface area contributed by atoms with Crippen LogP contribution in [0.15, 0.2) is 22.7 Å². The molecule has 5 heteroatoms. The highest BCUT2D eigenvalue weighted by molar-refractivity contribution is 9.10. The van der Waals surface area contributed by atoms with Crippen molar-refractivity contribution < 1.29 is 5.11 Å². The van der Waals surface area contributed by atoms with Gasteiger partial charge in [0.1, 0.15) is 0 Å². The van der Waals surface area contributed by atoms with E-state index in [0.29, 0.717) is 11.6 Å². The molecule has 1 atom stereocenters. The number of halogens is 2. The molecule has 0 aliphatic rings. The first kappa shape index (κ1) is 14.9. The van der Waals surface area contributed by atoms with Crippen molar-refractivity contribution in [2.24, 2.45) is 5.73 Å². The number of nitrogens with one attached hydrogen (secondary N) is 1. The van der Waals surface area contributed by atoms with Gasteiger partial charge in [0.25, 0.3) is 0 Å². The molecule has 4 N–H and O–H groups in total. The van der Waals surface area contributed by atoms with Crippen LogP contribution in [0.3, 0.4) is 0 Å². The lowest BCUT2D eigenvalue weighted by Gasteiger charge is -2.18. The minimum atomic E-state index is 0.0642. The predicted molar refractivity (Wildman–Crippen MR) is 75.3 cm³/mol. The molecule has 0 saturated heterocycles. The van der Waals surface area contributed by atoms with Gasteiger partial charge in [-0.1, -0.05) is 33.6 Å². The summed E-state index contributed by atoms with van der Waals surface area (Å²) in [4.78, 5) is 0. The Bertz CT molecular complexity index is 349. The Kier molecular flexibility index (Phi) is 7.08. The Balaban J connectivity index is 2.59. The quantitative estimate of drug-likeness (QED) is 0.676. The van der Waals surface area contributed by atoms with Gasteiger partial charge in [-0.15, -0.1) is 0 Å². The van der Waals surface area contributed by atoms with Crippen LogP contribution >= 0.6 is 27.5 Å². The average molecular weight is 322 g/mol. The Labute approximate surface area is 115 Å². The molecular weight excluding hydrogens is 304 g/mol. The van der Waals surface area contributed by atoms with Gasteiger partial charge in [0, 0.05) is 28.7 Å². The Morgan fingerprint density at radius 1 is 1.41 bits per heavy atom. The zero-order chi connectivity index (χ0) is 12.7. The maximum absolute atomic E-state index is 8.70. The number of hydrogen-bond donors (Lipinski definition) is 3. The second-order valence-electron chi connectivity index (χ2n) is 3.84. The van der Waals surface area contributed by atoms with Gasteiger partial charge in [0.2, 0.25) is 0 Å². The normalized spacial score (nSPS) is 12.7. The van der Waals surface area contributed by atoms with Gasteiger partial charge in [-0.05, 0) is 37.1 Å². The molecule has 0 saturated carbocycles. The third-order valence-electron chi connectivity index (χ3n) is 2.55. The molecule has 0 amide bonds. The lowest BCUT2D eigenvalue weighted by atomic mass is 10.1. The number of hydrogen-bond acceptors (Lipinski definition) is 3. The second-order valence-corrected chi connectivity index (χ2v) is 5.16. The highest BCUT2D eigenvalue weighted by Crippen LogP contribution is 2.26. The van der Waals surface area contributed by atoms with E-state index in [0.717, 1.165) is 29.4 Å². The van der Waals surface area contributed by atoms with E-state index in [-0.39, 0.29) is 12.6 Å². The van der Waals surface area contributed by atoms with Crippen LogP contribution in [-0.4, -0.2) is 24.8 Å². The van der Waals surface area contributed by atoms with Crippen molar-refractivity contribution in [3.05, 3.63) is 33.3 Å². The van der Waals surface area contributed by atoms with Gasteiger partial charge in [-0.2, -0.15) is 0 Å². The molecule has 0 bridgehead atoms. The zero-order valence-corrected chi connectivity index (χ0v) is 12.0. The van der Waals surface area contributed by atoms with Gasteiger partial charge < -0.3 is 16.2 Å². The van der Waals surface area contributed by atoms with E-state index in [1.807, 2.05) is 18.2 Å². The smallest absolute Gasteiger partial charge is 0.0465 e. The Hall–Kier alpha value is -0.130. The molecule has 0 heterocycles. The van der Waals surface area contributed by atoms with E-state index < -0.39 is 0 Å². The third kappa shape index (κ3) is 4.94. The number of benzene rings is 1. The summed E-state index contributed by atoms with van der Waals surface area (Å²) in [5.74, 6) is 0. The van der Waals surface area contributed by atoms with Crippen molar-refractivity contribution in [2.75, 3.05) is 19.7 Å². The van der Waals surface area contributed by atoms with Crippen LogP contribution in [0.5, 0.6) is 0 Å². The number of aliphatic hydroxyl groups is 1. The highest BCUT2D eigenvalue weighted by atomic mass is 79.9. The Morgan fingerprint density at radius 3 is 2.76 bits per heavy atom. The zero-order valence-electron chi connectivity index (χ0n) is 9.63. The summed E-state index contributed by atoms with van der Waals surface area (Å²) in [6.07, 6.45) is 1.74. The van der Waals surface area contributed by atoms with Crippen molar-refractivity contribution in [1.29, 1.82) is 0 Å². The summed E-state index contributed by atoms with van der Waals surface area (Å²) in [5.41, 5.74) is 6.76. The van der Waals surface area contributed by atoms with Crippen LogP contribution in [0.4, 0.5) is 0 Å². The van der Waals surface area contributed by atoms with Gasteiger partial charge in [0.15, 0.2) is 0 Å². The van der Waals surface area contributed by atoms with Gasteiger partial charge in [-0.25, -0.2) is 0 Å². The summed E-state index contributed by atoms with van der Waals surface area (Å²) in [6, 6.07) is 5.87. The first-order valence-electron chi connectivity index (χ1n) is 5.68. The molecule has 0 radical (unpaired) electrons. The van der Waals surface area contributed by atoms with Crippen LogP contribution in [0.1, 0.15) is 24.4 Å². The molecule has 1 rings (SSSR count). The van der Waals surface area contributed by atoms with Crippen molar-refractivity contribution in [1.82, 2.24) is 5.32 Å². The van der Waals surface area contributed by atoms with Crippen LogP contribution in [0.2, 0.25) is 5.02 Å². The largest absolute Gasteiger partial charge is 0.396 e. The van der Waals surface area contributed by atoms with Crippen molar-refractivity contribution in [3.8, 4) is 0 Å². The van der Waals surface area contributed by atoms with E-state index in [1.165, 1.54) is 0 Å². The van der Waals surface area contributed by atoms with Gasteiger partial charge >= 0.3 is 0 Å². The van der Waals surface area contributed by atoms with Crippen molar-refractivity contribution in [2.45, 2.75) is 18.9 Å². The molecule has 0 aliphatic carbocycles. The molecule has 1 aromatic rings. The molecule has 0 aliphatic heterocycles. The monoisotopic (exact) mass is 320 g/mol. The van der Waals surface area contributed by atoms with E-state index in [9.17, 15) is 0 Å². The molecule has 0 fully saturated rings. The average Bonchev–Trinajstić information content (AvgIpc) is 2.31. The summed E-state index contributed by atoms with van der Waals surface area (Å²) < 4.78 is 0.960. The van der Waals surface area contributed by atoms with Crippen LogP contribution < -0.4 is 11.1 Å². The maximum Gasteiger partial charge on any atom is 0.0465 e. The number of unbranched alkanes of at least 4 members (excludes halogenated alkanes) is 1. The SMILES string of the molecule is NCC(NCCCCO)c1ccc(Br)cc1Cl. The van der Waals surface area contributed by atoms with E-state index in [1.54, 1.807) is 0 Å². The standard InChI is InChI=1S/C12H18BrClN2O/c13-9-3-4-10(11(14)7-9)12(8-15)16-5-1-2-6-17/h3-4,7,12,16-17H,1-2,5-6,8,15H2. The molecule has 1 unspecified atom stereocenters. The van der Waals surface area contributed by atoms with Crippen LogP contribution in [-0.2, 0) is 0 Å². The minimum Gasteiger partial charge on any atom is -0.396 e. The lowest BCUT2D eigenvalue weighted by Crippen LogP contribution is -2.29.